The molecule has 0 bridgehead atoms. The van der Waals surface area contributed by atoms with Crippen molar-refractivity contribution in [1.29, 1.82) is 0 Å². The van der Waals surface area contributed by atoms with E-state index < -0.39 is 10.0 Å². The Morgan fingerprint density at radius 3 is 2.50 bits per heavy atom. The highest BCUT2D eigenvalue weighted by Crippen LogP contribution is 2.23. The van der Waals surface area contributed by atoms with Crippen molar-refractivity contribution in [3.05, 3.63) is 58.9 Å². The van der Waals surface area contributed by atoms with Gasteiger partial charge < -0.3 is 9.88 Å². The van der Waals surface area contributed by atoms with Crippen LogP contribution in [0.15, 0.2) is 41.3 Å². The summed E-state index contributed by atoms with van der Waals surface area (Å²) in [4.78, 5) is 17.2. The summed E-state index contributed by atoms with van der Waals surface area (Å²) in [6.45, 7) is 7.66. The van der Waals surface area contributed by atoms with Gasteiger partial charge in [0.05, 0.1) is 22.5 Å². The molecule has 1 aromatic heterocycles. The number of amides is 1. The van der Waals surface area contributed by atoms with E-state index in [1.807, 2.05) is 44.5 Å². The van der Waals surface area contributed by atoms with Gasteiger partial charge in [-0.15, -0.1) is 0 Å². The number of imidazole rings is 1. The zero-order valence-electron chi connectivity index (χ0n) is 18.2. The first kappa shape index (κ1) is 22.0. The van der Waals surface area contributed by atoms with E-state index >= 15 is 0 Å². The lowest BCUT2D eigenvalue weighted by atomic mass is 10.2. The lowest BCUT2D eigenvalue weighted by Crippen LogP contribution is -2.29. The van der Waals surface area contributed by atoms with Gasteiger partial charge in [-0.05, 0) is 57.5 Å². The number of aromatic nitrogens is 2. The molecule has 8 heteroatoms. The minimum atomic E-state index is -3.66. The molecule has 1 amide bonds. The van der Waals surface area contributed by atoms with Gasteiger partial charge in [0.1, 0.15) is 5.82 Å². The highest BCUT2D eigenvalue weighted by molar-refractivity contribution is 7.89. The van der Waals surface area contributed by atoms with Crippen LogP contribution in [0.3, 0.4) is 0 Å². The van der Waals surface area contributed by atoms with Crippen LogP contribution in [-0.2, 0) is 23.6 Å². The van der Waals surface area contributed by atoms with Gasteiger partial charge in [0.15, 0.2) is 0 Å². The topological polar surface area (TPSA) is 84.3 Å². The molecule has 0 saturated heterocycles. The van der Waals surface area contributed by atoms with Crippen molar-refractivity contribution in [3.63, 3.8) is 0 Å². The summed E-state index contributed by atoms with van der Waals surface area (Å²) in [7, 11) is -0.264. The van der Waals surface area contributed by atoms with Gasteiger partial charge in [-0.2, -0.15) is 4.31 Å². The summed E-state index contributed by atoms with van der Waals surface area (Å²) >= 11 is 0. The third-order valence-electron chi connectivity index (χ3n) is 5.04. The van der Waals surface area contributed by atoms with Crippen LogP contribution in [0.2, 0.25) is 0 Å². The number of nitrogens with one attached hydrogen (secondary N) is 1. The highest BCUT2D eigenvalue weighted by Gasteiger charge is 2.24. The molecule has 1 N–H and O–H groups in total. The van der Waals surface area contributed by atoms with Crippen molar-refractivity contribution >= 4 is 27.0 Å². The number of fused-ring (bicyclic) bond motifs is 1. The number of carbonyl (C=O) groups is 1. The molecular formula is C22H28N4O3S. The number of nitrogens with zero attached hydrogens (tertiary/aromatic N) is 3. The van der Waals surface area contributed by atoms with E-state index in [1.54, 1.807) is 38.2 Å². The Morgan fingerprint density at radius 2 is 1.87 bits per heavy atom. The normalized spacial score (nSPS) is 12.1. The molecule has 0 spiro atoms. The third-order valence-corrected chi connectivity index (χ3v) is 7.00. The lowest BCUT2D eigenvalue weighted by molar-refractivity contribution is 0.0943. The van der Waals surface area contributed by atoms with Gasteiger partial charge in [0.2, 0.25) is 10.0 Å². The fourth-order valence-corrected chi connectivity index (χ4v) is 4.75. The van der Waals surface area contributed by atoms with Gasteiger partial charge in [-0.3, -0.25) is 4.79 Å². The minimum Gasteiger partial charge on any atom is -0.350 e. The number of carbonyl (C=O) groups excluding carboxylic acids is 1. The van der Waals surface area contributed by atoms with Gasteiger partial charge >= 0.3 is 0 Å². The number of hydrogen-bond acceptors (Lipinski definition) is 4. The van der Waals surface area contributed by atoms with Crippen LogP contribution >= 0.6 is 0 Å². The van der Waals surface area contributed by atoms with Crippen LogP contribution in [0.4, 0.5) is 0 Å². The maximum absolute atomic E-state index is 13.1. The maximum atomic E-state index is 13.1. The first-order chi connectivity index (χ1) is 14.0. The van der Waals surface area contributed by atoms with E-state index in [0.717, 1.165) is 11.1 Å². The number of aryl methyl sites for hydroxylation is 3. The number of rotatable bonds is 6. The van der Waals surface area contributed by atoms with Crippen LogP contribution in [0.1, 0.15) is 41.2 Å². The van der Waals surface area contributed by atoms with E-state index in [2.05, 4.69) is 10.3 Å². The Labute approximate surface area is 177 Å². The lowest BCUT2D eigenvalue weighted by Gasteiger charge is -2.18. The molecule has 0 aliphatic rings. The van der Waals surface area contributed by atoms with E-state index in [9.17, 15) is 13.2 Å². The van der Waals surface area contributed by atoms with Crippen LogP contribution in [0.5, 0.6) is 0 Å². The Morgan fingerprint density at radius 1 is 1.17 bits per heavy atom. The molecular weight excluding hydrogens is 400 g/mol. The van der Waals surface area contributed by atoms with Gasteiger partial charge in [0, 0.05) is 25.7 Å². The summed E-state index contributed by atoms with van der Waals surface area (Å²) in [5.74, 6) is 0.441. The quantitative estimate of drug-likeness (QED) is 0.654. The first-order valence-corrected chi connectivity index (χ1v) is 11.2. The molecule has 0 atom stereocenters. The second-order valence-corrected chi connectivity index (χ2v) is 9.96. The average Bonchev–Trinajstić information content (AvgIpc) is 2.95. The van der Waals surface area contributed by atoms with E-state index in [4.69, 9.17) is 0 Å². The fraction of sp³-hybridized carbons (Fsp3) is 0.364. The van der Waals surface area contributed by atoms with E-state index in [0.29, 0.717) is 27.4 Å². The molecule has 7 nitrogen and oxygen atoms in total. The van der Waals surface area contributed by atoms with E-state index in [1.165, 1.54) is 4.31 Å². The second-order valence-electron chi connectivity index (χ2n) is 7.95. The number of hydrogen-bond donors (Lipinski definition) is 1. The molecule has 1 heterocycles. The smallest absolute Gasteiger partial charge is 0.251 e. The Hall–Kier alpha value is -2.71. The van der Waals surface area contributed by atoms with Crippen molar-refractivity contribution in [3.8, 4) is 0 Å². The molecule has 160 valence electrons. The first-order valence-electron chi connectivity index (χ1n) is 9.80. The van der Waals surface area contributed by atoms with Crippen LogP contribution in [-0.4, -0.2) is 41.3 Å². The molecule has 2 aromatic carbocycles. The average molecular weight is 429 g/mol. The monoisotopic (exact) mass is 428 g/mol. The van der Waals surface area contributed by atoms with Crippen molar-refractivity contribution < 1.29 is 13.2 Å². The summed E-state index contributed by atoms with van der Waals surface area (Å²) in [6.07, 6.45) is 0. The van der Waals surface area contributed by atoms with Gasteiger partial charge in [-0.25, -0.2) is 13.4 Å². The van der Waals surface area contributed by atoms with Crippen molar-refractivity contribution in [2.75, 3.05) is 7.05 Å². The highest BCUT2D eigenvalue weighted by atomic mass is 32.2. The van der Waals surface area contributed by atoms with Gasteiger partial charge in [-0.1, -0.05) is 17.7 Å². The maximum Gasteiger partial charge on any atom is 0.251 e. The summed E-state index contributed by atoms with van der Waals surface area (Å²) < 4.78 is 29.3. The fourth-order valence-electron chi connectivity index (χ4n) is 3.42. The molecule has 3 rings (SSSR count). The predicted molar refractivity (Wildman–Crippen MR) is 118 cm³/mol. The molecule has 0 aliphatic carbocycles. The SMILES string of the molecule is Cc1ccc(S(=O)(=O)N(C)Cc2nc3cc(C(=O)NC(C)C)ccc3n2C)c(C)c1. The summed E-state index contributed by atoms with van der Waals surface area (Å²) in [6, 6.07) is 10.7. The predicted octanol–water partition coefficient (Wildman–Crippen LogP) is 3.15. The minimum absolute atomic E-state index is 0.0385. The standard InChI is InChI=1S/C22H28N4O3S/c1-14(2)23-22(27)17-8-9-19-18(12-17)24-21(26(19)6)13-25(5)30(28,29)20-10-7-15(3)11-16(20)4/h7-12,14H,13H2,1-6H3,(H,23,27). The molecule has 0 aliphatic heterocycles. The Bertz CT molecular complexity index is 1210. The molecule has 3 aromatic rings. The zero-order chi connectivity index (χ0) is 22.2. The zero-order valence-corrected chi connectivity index (χ0v) is 19.0. The molecule has 0 fully saturated rings. The van der Waals surface area contributed by atoms with Crippen LogP contribution in [0.25, 0.3) is 11.0 Å². The Balaban J connectivity index is 1.91. The molecule has 0 radical (unpaired) electrons. The summed E-state index contributed by atoms with van der Waals surface area (Å²) in [5, 5.41) is 2.86. The van der Waals surface area contributed by atoms with Crippen LogP contribution in [0, 0.1) is 13.8 Å². The van der Waals surface area contributed by atoms with Crippen molar-refractivity contribution in [1.82, 2.24) is 19.2 Å². The number of benzene rings is 2. The number of sulfonamides is 1. The molecule has 30 heavy (non-hydrogen) atoms. The van der Waals surface area contributed by atoms with E-state index in [-0.39, 0.29) is 18.5 Å². The Kier molecular flexibility index (Phi) is 6.01. The largest absolute Gasteiger partial charge is 0.350 e. The van der Waals surface area contributed by atoms with Crippen LogP contribution < -0.4 is 5.32 Å². The molecule has 0 saturated carbocycles. The van der Waals surface area contributed by atoms with Gasteiger partial charge in [0.25, 0.3) is 5.91 Å². The molecule has 0 unspecified atom stereocenters. The summed E-state index contributed by atoms with van der Waals surface area (Å²) in [5.41, 5.74) is 3.75. The third kappa shape index (κ3) is 4.24. The van der Waals surface area contributed by atoms with Crippen molar-refractivity contribution in [2.45, 2.75) is 45.2 Å². The van der Waals surface area contributed by atoms with Crippen molar-refractivity contribution in [2.24, 2.45) is 7.05 Å². The second kappa shape index (κ2) is 8.20.